The first-order valence-electron chi connectivity index (χ1n) is 11.9. The molecule has 2 N–H and O–H groups in total. The number of piperazine rings is 1. The van der Waals surface area contributed by atoms with Crippen molar-refractivity contribution in [2.45, 2.75) is 6.92 Å². The molecular weight excluding hydrogens is 443 g/mol. The summed E-state index contributed by atoms with van der Waals surface area (Å²) < 4.78 is 15.7. The van der Waals surface area contributed by atoms with Crippen molar-refractivity contribution in [2.75, 3.05) is 46.3 Å². The van der Waals surface area contributed by atoms with Gasteiger partial charge in [-0.25, -0.2) is 9.37 Å². The molecule has 1 saturated heterocycles. The fourth-order valence-electron chi connectivity index (χ4n) is 4.53. The number of nitrogens with one attached hydrogen (secondary N) is 2. The van der Waals surface area contributed by atoms with Crippen molar-refractivity contribution in [3.63, 3.8) is 0 Å². The number of fused-ring (bicyclic) bond motifs is 1. The summed E-state index contributed by atoms with van der Waals surface area (Å²) in [6.45, 7) is 7.39. The number of imidazole rings is 1. The topological polar surface area (TPSA) is 68.4 Å². The fraction of sp³-hybridized carbons (Fsp3) is 0.296. The van der Waals surface area contributed by atoms with E-state index in [1.54, 1.807) is 19.2 Å². The quantitative estimate of drug-likeness (QED) is 0.423. The number of rotatable bonds is 6. The van der Waals surface area contributed by atoms with Crippen molar-refractivity contribution >= 4 is 11.4 Å². The number of nitrogens with zero attached hydrogens (tertiary/aromatic N) is 4. The Balaban J connectivity index is 1.34. The van der Waals surface area contributed by atoms with Gasteiger partial charge in [-0.2, -0.15) is 4.40 Å². The molecule has 5 rings (SSSR count). The highest BCUT2D eigenvalue weighted by molar-refractivity contribution is 5.89. The van der Waals surface area contributed by atoms with E-state index in [2.05, 4.69) is 32.1 Å². The van der Waals surface area contributed by atoms with Crippen LogP contribution < -0.4 is 9.72 Å². The number of hydrogen-bond donors (Lipinski definition) is 2. The number of aryl methyl sites for hydroxylation is 1. The zero-order valence-corrected chi connectivity index (χ0v) is 20.1. The van der Waals surface area contributed by atoms with Gasteiger partial charge in [0, 0.05) is 56.6 Å². The number of carbonyl (C=O) groups is 1. The van der Waals surface area contributed by atoms with Gasteiger partial charge in [0.05, 0.1) is 11.9 Å². The summed E-state index contributed by atoms with van der Waals surface area (Å²) in [6.07, 6.45) is 5.46. The number of halogens is 1. The number of H-pyrrole nitrogens is 1. The molecule has 0 saturated carbocycles. The van der Waals surface area contributed by atoms with Crippen LogP contribution in [0, 0.1) is 12.7 Å². The van der Waals surface area contributed by atoms with Crippen LogP contribution in [0.5, 0.6) is 0 Å². The van der Waals surface area contributed by atoms with Gasteiger partial charge in [0.25, 0.3) is 0 Å². The smallest absolute Gasteiger partial charge is 0.344 e. The van der Waals surface area contributed by atoms with E-state index in [-0.39, 0.29) is 11.7 Å². The van der Waals surface area contributed by atoms with Crippen LogP contribution in [0.4, 0.5) is 4.39 Å². The van der Waals surface area contributed by atoms with Crippen LogP contribution in [-0.4, -0.2) is 72.0 Å². The Morgan fingerprint density at radius 3 is 2.77 bits per heavy atom. The minimum atomic E-state index is -0.231. The number of aromatic nitrogens is 3. The molecule has 4 heterocycles. The first-order valence-corrected chi connectivity index (χ1v) is 11.9. The van der Waals surface area contributed by atoms with Crippen molar-refractivity contribution in [3.05, 3.63) is 78.3 Å². The number of pyridine rings is 2. The predicted octanol–water partition coefficient (Wildman–Crippen LogP) is 2.91. The standard InChI is InChI=1S/C27H29FN6O/c1-19-16-21(5-6-24(19)28)25-23(4-3-8-29-25)20-7-10-34-22(17-20)18-31-26(34)27(35)30-9-11-33-14-12-32(2)13-15-33/h3-8,10,16-18H,9,11-15H2,1-2H3,(H,30,35)/p+1. The average Bonchev–Trinajstić information content (AvgIpc) is 3.30. The van der Waals surface area contributed by atoms with Crippen LogP contribution in [0.3, 0.4) is 0 Å². The Labute approximate surface area is 204 Å². The van der Waals surface area contributed by atoms with Crippen LogP contribution in [0.25, 0.3) is 27.9 Å². The number of amides is 1. The zero-order chi connectivity index (χ0) is 24.4. The lowest BCUT2D eigenvalue weighted by Crippen LogP contribution is -2.47. The van der Waals surface area contributed by atoms with Gasteiger partial charge in [0.1, 0.15) is 12.0 Å². The van der Waals surface area contributed by atoms with E-state index in [1.807, 2.05) is 47.1 Å². The molecule has 1 fully saturated rings. The van der Waals surface area contributed by atoms with E-state index < -0.39 is 0 Å². The highest BCUT2D eigenvalue weighted by Gasteiger charge is 2.21. The SMILES string of the molecule is Cc1cc(-c2ncccc2-c2cc[n+]3c(C(=O)NCCN4CCN(C)CC4)[nH]cc3c2)ccc1F. The summed E-state index contributed by atoms with van der Waals surface area (Å²) in [6, 6.07) is 12.9. The molecule has 0 aliphatic carbocycles. The highest BCUT2D eigenvalue weighted by atomic mass is 19.1. The number of benzene rings is 1. The summed E-state index contributed by atoms with van der Waals surface area (Å²) in [5.74, 6) is 0.131. The summed E-state index contributed by atoms with van der Waals surface area (Å²) in [7, 11) is 2.14. The van der Waals surface area contributed by atoms with Crippen molar-refractivity contribution < 1.29 is 13.6 Å². The second kappa shape index (κ2) is 9.93. The highest BCUT2D eigenvalue weighted by Crippen LogP contribution is 2.31. The van der Waals surface area contributed by atoms with Gasteiger partial charge < -0.3 is 10.2 Å². The van der Waals surface area contributed by atoms with E-state index in [0.29, 0.717) is 17.9 Å². The third-order valence-electron chi connectivity index (χ3n) is 6.66. The Morgan fingerprint density at radius 1 is 1.14 bits per heavy atom. The Bertz CT molecular complexity index is 1360. The molecule has 1 amide bonds. The minimum Gasteiger partial charge on any atom is -0.344 e. The molecule has 180 valence electrons. The van der Waals surface area contributed by atoms with Crippen molar-refractivity contribution in [2.24, 2.45) is 0 Å². The van der Waals surface area contributed by atoms with Gasteiger partial charge in [-0.1, -0.05) is 6.07 Å². The van der Waals surface area contributed by atoms with E-state index >= 15 is 0 Å². The van der Waals surface area contributed by atoms with Crippen molar-refractivity contribution in [1.82, 2.24) is 25.1 Å². The van der Waals surface area contributed by atoms with Gasteiger partial charge in [-0.05, 0) is 61.5 Å². The molecule has 0 spiro atoms. The number of hydrogen-bond acceptors (Lipinski definition) is 4. The molecule has 1 aliphatic heterocycles. The molecule has 0 unspecified atom stereocenters. The second-order valence-corrected chi connectivity index (χ2v) is 9.11. The summed E-state index contributed by atoms with van der Waals surface area (Å²) in [5, 5.41) is 3.04. The minimum absolute atomic E-state index is 0.129. The molecule has 7 nitrogen and oxygen atoms in total. The van der Waals surface area contributed by atoms with Crippen LogP contribution in [0.1, 0.15) is 16.2 Å². The normalized spacial score (nSPS) is 14.9. The first-order chi connectivity index (χ1) is 17.0. The monoisotopic (exact) mass is 473 g/mol. The van der Waals surface area contributed by atoms with Gasteiger partial charge in [-0.3, -0.25) is 14.7 Å². The molecule has 4 aromatic rings. The molecule has 0 radical (unpaired) electrons. The molecule has 8 heteroatoms. The van der Waals surface area contributed by atoms with Gasteiger partial charge in [0.2, 0.25) is 0 Å². The lowest BCUT2D eigenvalue weighted by atomic mass is 9.99. The number of aromatic amines is 1. The molecule has 0 bridgehead atoms. The van der Waals surface area contributed by atoms with E-state index in [4.69, 9.17) is 0 Å². The fourth-order valence-corrected chi connectivity index (χ4v) is 4.53. The molecule has 3 aromatic heterocycles. The van der Waals surface area contributed by atoms with Crippen LogP contribution in [0.15, 0.2) is 61.1 Å². The second-order valence-electron chi connectivity index (χ2n) is 9.11. The Morgan fingerprint density at radius 2 is 1.97 bits per heavy atom. The van der Waals surface area contributed by atoms with E-state index in [1.165, 1.54) is 6.07 Å². The van der Waals surface area contributed by atoms with Crippen LogP contribution in [-0.2, 0) is 0 Å². The predicted molar refractivity (Wildman–Crippen MR) is 134 cm³/mol. The van der Waals surface area contributed by atoms with Crippen LogP contribution >= 0.6 is 0 Å². The Kier molecular flexibility index (Phi) is 6.57. The number of likely N-dealkylation sites (N-methyl/N-ethyl adjacent to an activating group) is 1. The average molecular weight is 474 g/mol. The molecular formula is C27H30FN6O+. The summed E-state index contributed by atoms with van der Waals surface area (Å²) in [5.41, 5.74) is 5.02. The summed E-state index contributed by atoms with van der Waals surface area (Å²) in [4.78, 5) is 25.2. The van der Waals surface area contributed by atoms with Gasteiger partial charge in [-0.15, -0.1) is 0 Å². The summed E-state index contributed by atoms with van der Waals surface area (Å²) >= 11 is 0. The largest absolute Gasteiger partial charge is 0.350 e. The Hall–Kier alpha value is -3.62. The van der Waals surface area contributed by atoms with Gasteiger partial charge in [0.15, 0.2) is 5.52 Å². The third-order valence-corrected chi connectivity index (χ3v) is 6.66. The van der Waals surface area contributed by atoms with Crippen molar-refractivity contribution in [1.29, 1.82) is 0 Å². The van der Waals surface area contributed by atoms with Crippen molar-refractivity contribution in [3.8, 4) is 22.4 Å². The van der Waals surface area contributed by atoms with E-state index in [0.717, 1.165) is 60.6 Å². The molecule has 1 aliphatic rings. The first kappa shape index (κ1) is 23.1. The third kappa shape index (κ3) is 4.94. The maximum Gasteiger partial charge on any atom is 0.350 e. The maximum absolute atomic E-state index is 13.8. The van der Waals surface area contributed by atoms with E-state index in [9.17, 15) is 9.18 Å². The maximum atomic E-state index is 13.8. The lowest BCUT2D eigenvalue weighted by Gasteiger charge is -2.32. The lowest BCUT2D eigenvalue weighted by molar-refractivity contribution is -0.514. The number of carbonyl (C=O) groups excluding carboxylic acids is 1. The molecule has 35 heavy (non-hydrogen) atoms. The molecule has 0 atom stereocenters. The molecule has 1 aromatic carbocycles. The van der Waals surface area contributed by atoms with Crippen LogP contribution in [0.2, 0.25) is 0 Å². The zero-order valence-electron chi connectivity index (χ0n) is 20.1. The van der Waals surface area contributed by atoms with Gasteiger partial charge >= 0.3 is 11.7 Å².